The number of nitrogens with zero attached hydrogens (tertiary/aromatic N) is 4. The Labute approximate surface area is 160 Å². The van der Waals surface area contributed by atoms with Crippen LogP contribution in [0.25, 0.3) is 11.4 Å². The fraction of sp³-hybridized carbons (Fsp3) is 0.167. The molecule has 0 spiro atoms. The average molecular weight is 388 g/mol. The van der Waals surface area contributed by atoms with Crippen molar-refractivity contribution in [3.8, 4) is 11.4 Å². The molecule has 3 rings (SSSR count). The van der Waals surface area contributed by atoms with Crippen LogP contribution in [0.5, 0.6) is 0 Å². The first-order chi connectivity index (χ1) is 12.5. The van der Waals surface area contributed by atoms with Crippen molar-refractivity contribution in [2.24, 2.45) is 0 Å². The number of nitrogens with two attached hydrogens (primary N) is 1. The number of aromatic nitrogens is 3. The summed E-state index contributed by atoms with van der Waals surface area (Å²) in [5.41, 5.74) is 1.64. The van der Waals surface area contributed by atoms with Crippen LogP contribution in [0.2, 0.25) is 5.02 Å². The molecule has 0 saturated heterocycles. The molecule has 1 amide bonds. The van der Waals surface area contributed by atoms with E-state index in [-0.39, 0.29) is 11.2 Å². The monoisotopic (exact) mass is 387 g/mol. The molecule has 6 nitrogen and oxygen atoms in total. The number of thioether (sulfide) groups is 1. The zero-order chi connectivity index (χ0) is 18.7. The van der Waals surface area contributed by atoms with E-state index >= 15 is 0 Å². The smallest absolute Gasteiger partial charge is 0.240 e. The number of amides is 1. The van der Waals surface area contributed by atoms with Crippen LogP contribution in [0, 0.1) is 0 Å². The van der Waals surface area contributed by atoms with Gasteiger partial charge in [0.2, 0.25) is 11.1 Å². The first-order valence-corrected chi connectivity index (χ1v) is 9.19. The molecule has 0 aliphatic rings. The molecule has 0 bridgehead atoms. The Morgan fingerprint density at radius 1 is 1.15 bits per heavy atom. The highest BCUT2D eigenvalue weighted by Crippen LogP contribution is 2.27. The Kier molecular flexibility index (Phi) is 5.49. The molecular weight excluding hydrogens is 370 g/mol. The van der Waals surface area contributed by atoms with Gasteiger partial charge in [-0.25, -0.2) is 4.68 Å². The van der Waals surface area contributed by atoms with E-state index in [0.29, 0.717) is 16.0 Å². The third-order valence-corrected chi connectivity index (χ3v) is 5.17. The number of halogens is 1. The van der Waals surface area contributed by atoms with E-state index in [9.17, 15) is 4.79 Å². The van der Waals surface area contributed by atoms with Gasteiger partial charge in [0, 0.05) is 23.3 Å². The van der Waals surface area contributed by atoms with Crippen molar-refractivity contribution < 1.29 is 4.79 Å². The molecular formula is C18H18ClN5OS. The van der Waals surface area contributed by atoms with Gasteiger partial charge in [0.15, 0.2) is 5.82 Å². The standard InChI is InChI=1S/C18H18ClN5OS/c1-12(17(25)23(2)15-6-4-3-5-7-15)26-18-22-21-16(24(18)20)13-8-10-14(19)11-9-13/h3-12H,20H2,1-2H3/t12-/m0/s1. The van der Waals surface area contributed by atoms with Crippen molar-refractivity contribution in [2.75, 3.05) is 17.8 Å². The lowest BCUT2D eigenvalue weighted by Crippen LogP contribution is -2.33. The lowest BCUT2D eigenvalue weighted by Gasteiger charge is -2.20. The summed E-state index contributed by atoms with van der Waals surface area (Å²) in [6.07, 6.45) is 0. The van der Waals surface area contributed by atoms with Gasteiger partial charge in [-0.05, 0) is 43.3 Å². The van der Waals surface area contributed by atoms with Crippen molar-refractivity contribution in [2.45, 2.75) is 17.3 Å². The third kappa shape index (κ3) is 3.84. The summed E-state index contributed by atoms with van der Waals surface area (Å²) in [7, 11) is 1.75. The van der Waals surface area contributed by atoms with Gasteiger partial charge in [-0.15, -0.1) is 10.2 Å². The van der Waals surface area contributed by atoms with E-state index in [4.69, 9.17) is 17.4 Å². The van der Waals surface area contributed by atoms with Gasteiger partial charge >= 0.3 is 0 Å². The number of carbonyl (C=O) groups is 1. The number of benzene rings is 2. The lowest BCUT2D eigenvalue weighted by atomic mass is 10.2. The van der Waals surface area contributed by atoms with Gasteiger partial charge < -0.3 is 10.7 Å². The molecule has 0 aliphatic carbocycles. The SMILES string of the molecule is C[C@H](Sc1nnc(-c2ccc(Cl)cc2)n1N)C(=O)N(C)c1ccccc1. The zero-order valence-electron chi connectivity index (χ0n) is 14.3. The maximum Gasteiger partial charge on any atom is 0.240 e. The number of rotatable bonds is 5. The third-order valence-electron chi connectivity index (χ3n) is 3.87. The van der Waals surface area contributed by atoms with Crippen molar-refractivity contribution in [3.05, 3.63) is 59.6 Å². The predicted molar refractivity (Wildman–Crippen MR) is 106 cm³/mol. The largest absolute Gasteiger partial charge is 0.335 e. The Bertz CT molecular complexity index is 898. The summed E-state index contributed by atoms with van der Waals surface area (Å²) in [6, 6.07) is 16.6. The zero-order valence-corrected chi connectivity index (χ0v) is 15.9. The average Bonchev–Trinajstić information content (AvgIpc) is 3.02. The summed E-state index contributed by atoms with van der Waals surface area (Å²) in [5.74, 6) is 6.59. The van der Waals surface area contributed by atoms with Gasteiger partial charge in [-0.2, -0.15) is 0 Å². The molecule has 2 N–H and O–H groups in total. The molecule has 0 saturated carbocycles. The molecule has 8 heteroatoms. The molecule has 134 valence electrons. The summed E-state index contributed by atoms with van der Waals surface area (Å²) in [6.45, 7) is 1.82. The van der Waals surface area contributed by atoms with Crippen molar-refractivity contribution >= 4 is 35.0 Å². The minimum Gasteiger partial charge on any atom is -0.335 e. The minimum absolute atomic E-state index is 0.0442. The molecule has 0 aliphatic heterocycles. The van der Waals surface area contributed by atoms with E-state index in [1.165, 1.54) is 16.4 Å². The summed E-state index contributed by atoms with van der Waals surface area (Å²) >= 11 is 7.17. The number of hydrogen-bond donors (Lipinski definition) is 1. The molecule has 1 atom stereocenters. The highest BCUT2D eigenvalue weighted by atomic mass is 35.5. The maximum absolute atomic E-state index is 12.7. The van der Waals surface area contributed by atoms with Gasteiger partial charge in [0.25, 0.3) is 0 Å². The van der Waals surface area contributed by atoms with Crippen LogP contribution in [-0.4, -0.2) is 33.1 Å². The second-order valence-electron chi connectivity index (χ2n) is 5.68. The van der Waals surface area contributed by atoms with Crippen LogP contribution >= 0.6 is 23.4 Å². The summed E-state index contributed by atoms with van der Waals surface area (Å²) in [5, 5.41) is 8.98. The van der Waals surface area contributed by atoms with E-state index in [1.54, 1.807) is 24.1 Å². The molecule has 1 heterocycles. The lowest BCUT2D eigenvalue weighted by molar-refractivity contribution is -0.117. The quantitative estimate of drug-likeness (QED) is 0.536. The van der Waals surface area contributed by atoms with Crippen LogP contribution in [-0.2, 0) is 4.79 Å². The first kappa shape index (κ1) is 18.3. The van der Waals surface area contributed by atoms with Crippen LogP contribution < -0.4 is 10.7 Å². The molecule has 26 heavy (non-hydrogen) atoms. The highest BCUT2D eigenvalue weighted by molar-refractivity contribution is 8.00. The van der Waals surface area contributed by atoms with Gasteiger partial charge in [0.1, 0.15) is 0 Å². The normalized spacial score (nSPS) is 12.0. The van der Waals surface area contributed by atoms with E-state index in [0.717, 1.165) is 11.3 Å². The number of hydrogen-bond acceptors (Lipinski definition) is 5. The fourth-order valence-electron chi connectivity index (χ4n) is 2.41. The maximum atomic E-state index is 12.7. The molecule has 0 radical (unpaired) electrons. The Morgan fingerprint density at radius 3 is 2.46 bits per heavy atom. The topological polar surface area (TPSA) is 77.0 Å². The van der Waals surface area contributed by atoms with Crippen LogP contribution in [0.1, 0.15) is 6.92 Å². The molecule has 3 aromatic rings. The second-order valence-corrected chi connectivity index (χ2v) is 7.42. The molecule has 1 aromatic heterocycles. The number of anilines is 1. The van der Waals surface area contributed by atoms with E-state index in [1.807, 2.05) is 49.4 Å². The minimum atomic E-state index is -0.371. The van der Waals surface area contributed by atoms with Crippen LogP contribution in [0.4, 0.5) is 5.69 Å². The molecule has 0 fully saturated rings. The Morgan fingerprint density at radius 2 is 1.81 bits per heavy atom. The van der Waals surface area contributed by atoms with Gasteiger partial charge in [-0.3, -0.25) is 4.79 Å². The van der Waals surface area contributed by atoms with Crippen molar-refractivity contribution in [3.63, 3.8) is 0 Å². The van der Waals surface area contributed by atoms with Crippen molar-refractivity contribution in [1.29, 1.82) is 0 Å². The summed E-state index contributed by atoms with van der Waals surface area (Å²) in [4.78, 5) is 14.3. The van der Waals surface area contributed by atoms with Gasteiger partial charge in [-0.1, -0.05) is 41.6 Å². The Balaban J connectivity index is 1.74. The summed E-state index contributed by atoms with van der Waals surface area (Å²) < 4.78 is 1.39. The second kappa shape index (κ2) is 7.80. The van der Waals surface area contributed by atoms with Gasteiger partial charge in [0.05, 0.1) is 5.25 Å². The van der Waals surface area contributed by atoms with E-state index in [2.05, 4.69) is 10.2 Å². The van der Waals surface area contributed by atoms with E-state index < -0.39 is 0 Å². The predicted octanol–water partition coefficient (Wildman–Crippen LogP) is 3.46. The van der Waals surface area contributed by atoms with Crippen molar-refractivity contribution in [1.82, 2.24) is 14.9 Å². The van der Waals surface area contributed by atoms with Crippen LogP contribution in [0.3, 0.4) is 0 Å². The Hall–Kier alpha value is -2.51. The number of nitrogen functional groups attached to an aromatic ring is 1. The fourth-order valence-corrected chi connectivity index (χ4v) is 3.40. The molecule has 0 unspecified atom stereocenters. The first-order valence-electron chi connectivity index (χ1n) is 7.93. The van der Waals surface area contributed by atoms with Crippen LogP contribution in [0.15, 0.2) is 59.8 Å². The highest BCUT2D eigenvalue weighted by Gasteiger charge is 2.23. The molecule has 2 aromatic carbocycles. The number of carbonyl (C=O) groups excluding carboxylic acids is 1. The number of para-hydroxylation sites is 1.